The molecule has 33 heavy (non-hydrogen) atoms. The van der Waals surface area contributed by atoms with Gasteiger partial charge in [0.25, 0.3) is 5.69 Å². The van der Waals surface area contributed by atoms with Crippen LogP contribution in [-0.4, -0.2) is 76.7 Å². The second kappa shape index (κ2) is 9.54. The fourth-order valence-electron chi connectivity index (χ4n) is 4.24. The minimum atomic E-state index is -3.94. The van der Waals surface area contributed by atoms with Gasteiger partial charge in [0.1, 0.15) is 16.7 Å². The Morgan fingerprint density at radius 3 is 2.61 bits per heavy atom. The summed E-state index contributed by atoms with van der Waals surface area (Å²) in [4.78, 5) is 14.7. The number of likely N-dealkylation sites (N-methyl/N-ethyl adjacent to an activating group) is 2. The van der Waals surface area contributed by atoms with Gasteiger partial charge in [-0.05, 0) is 25.1 Å². The van der Waals surface area contributed by atoms with Crippen LogP contribution >= 0.6 is 0 Å². The monoisotopic (exact) mass is 476 g/mol. The largest absolute Gasteiger partial charge is 0.485 e. The molecule has 0 bridgehead atoms. The van der Waals surface area contributed by atoms with Gasteiger partial charge >= 0.3 is 0 Å². The molecule has 2 aromatic carbocycles. The minimum absolute atomic E-state index is 0.0790. The average Bonchev–Trinajstić information content (AvgIpc) is 2.83. The van der Waals surface area contributed by atoms with Gasteiger partial charge in [-0.15, -0.1) is 0 Å². The fraction of sp³-hybridized carbons (Fsp3) is 0.455. The number of non-ortho nitro benzene ring substituents is 1. The third kappa shape index (κ3) is 4.75. The summed E-state index contributed by atoms with van der Waals surface area (Å²) < 4.78 is 39.6. The number of hydrogen-bond donors (Lipinski definition) is 0. The van der Waals surface area contributed by atoms with Crippen LogP contribution in [0, 0.1) is 10.1 Å². The summed E-state index contributed by atoms with van der Waals surface area (Å²) in [7, 11) is -2.17. The number of benzene rings is 2. The lowest BCUT2D eigenvalue weighted by atomic mass is 10.1. The zero-order valence-electron chi connectivity index (χ0n) is 18.7. The van der Waals surface area contributed by atoms with Crippen molar-refractivity contribution >= 4 is 27.1 Å². The third-order valence-electron chi connectivity index (χ3n) is 5.94. The Labute approximate surface area is 193 Å². The molecule has 178 valence electrons. The molecule has 11 heteroatoms. The summed E-state index contributed by atoms with van der Waals surface area (Å²) in [5.74, 6) is 0.786. The standard InChI is InChI=1S/C22H28N4O6S/c1-3-24-16-18(32-21-7-5-4-6-19(21)24)15-23(2)20-9-8-17(26(27)28)14-22(20)33(29,30)25-10-12-31-13-11-25/h4-9,14,18H,3,10-13,15-16H2,1-2H3/t18-/m1/s1. The molecule has 0 radical (unpaired) electrons. The number of ether oxygens (including phenoxy) is 2. The first-order chi connectivity index (χ1) is 15.8. The molecule has 1 fully saturated rings. The molecule has 4 rings (SSSR count). The lowest BCUT2D eigenvalue weighted by Gasteiger charge is -2.38. The zero-order chi connectivity index (χ0) is 23.6. The molecule has 1 saturated heterocycles. The Hall–Kier alpha value is -2.89. The van der Waals surface area contributed by atoms with Crippen molar-refractivity contribution in [2.45, 2.75) is 17.9 Å². The van der Waals surface area contributed by atoms with E-state index in [0.717, 1.165) is 24.0 Å². The number of para-hydroxylation sites is 2. The van der Waals surface area contributed by atoms with E-state index in [4.69, 9.17) is 9.47 Å². The molecule has 0 unspecified atom stereocenters. The van der Waals surface area contributed by atoms with Gasteiger partial charge in [-0.1, -0.05) is 12.1 Å². The predicted octanol–water partition coefficient (Wildman–Crippen LogP) is 2.34. The second-order valence-electron chi connectivity index (χ2n) is 8.05. The predicted molar refractivity (Wildman–Crippen MR) is 125 cm³/mol. The third-order valence-corrected chi connectivity index (χ3v) is 7.86. The number of morpholine rings is 1. The first kappa shape index (κ1) is 23.3. The van der Waals surface area contributed by atoms with Gasteiger partial charge in [0.2, 0.25) is 10.0 Å². The van der Waals surface area contributed by atoms with E-state index in [0.29, 0.717) is 32.0 Å². The summed E-state index contributed by atoms with van der Waals surface area (Å²) in [6.45, 7) is 4.96. The van der Waals surface area contributed by atoms with Gasteiger partial charge in [-0.25, -0.2) is 8.42 Å². The number of sulfonamides is 1. The van der Waals surface area contributed by atoms with E-state index in [1.807, 2.05) is 24.3 Å². The van der Waals surface area contributed by atoms with E-state index in [-0.39, 0.29) is 29.8 Å². The van der Waals surface area contributed by atoms with Gasteiger partial charge in [0, 0.05) is 38.8 Å². The molecule has 2 aromatic rings. The molecular weight excluding hydrogens is 448 g/mol. The summed E-state index contributed by atoms with van der Waals surface area (Å²) in [5, 5.41) is 11.4. The van der Waals surface area contributed by atoms with Crippen molar-refractivity contribution in [1.82, 2.24) is 4.31 Å². The molecule has 0 aliphatic carbocycles. The van der Waals surface area contributed by atoms with Gasteiger partial charge in [-0.3, -0.25) is 10.1 Å². The van der Waals surface area contributed by atoms with E-state index in [1.165, 1.54) is 16.4 Å². The lowest BCUT2D eigenvalue weighted by Crippen LogP contribution is -2.46. The Kier molecular flexibility index (Phi) is 6.73. The van der Waals surface area contributed by atoms with Crippen molar-refractivity contribution in [3.63, 3.8) is 0 Å². The lowest BCUT2D eigenvalue weighted by molar-refractivity contribution is -0.385. The molecule has 2 heterocycles. The van der Waals surface area contributed by atoms with E-state index in [1.54, 1.807) is 11.9 Å². The molecule has 0 amide bonds. The van der Waals surface area contributed by atoms with Crippen LogP contribution in [0.25, 0.3) is 0 Å². The van der Waals surface area contributed by atoms with Crippen LogP contribution < -0.4 is 14.5 Å². The maximum Gasteiger partial charge on any atom is 0.270 e. The van der Waals surface area contributed by atoms with Crippen LogP contribution in [0.15, 0.2) is 47.4 Å². The minimum Gasteiger partial charge on any atom is -0.485 e. The van der Waals surface area contributed by atoms with Crippen molar-refractivity contribution in [3.05, 3.63) is 52.6 Å². The average molecular weight is 477 g/mol. The zero-order valence-corrected chi connectivity index (χ0v) is 19.5. The summed E-state index contributed by atoms with van der Waals surface area (Å²) in [6, 6.07) is 11.8. The fourth-order valence-corrected chi connectivity index (χ4v) is 5.91. The van der Waals surface area contributed by atoms with Crippen LogP contribution in [0.4, 0.5) is 17.1 Å². The number of rotatable bonds is 7. The van der Waals surface area contributed by atoms with Gasteiger partial charge in [0.15, 0.2) is 0 Å². The van der Waals surface area contributed by atoms with E-state index in [9.17, 15) is 18.5 Å². The van der Waals surface area contributed by atoms with Crippen LogP contribution in [0.1, 0.15) is 6.92 Å². The van der Waals surface area contributed by atoms with Crippen LogP contribution in [0.5, 0.6) is 5.75 Å². The molecule has 0 aromatic heterocycles. The molecule has 0 spiro atoms. The SMILES string of the molecule is CCN1C[C@@H](CN(C)c2ccc([N+](=O)[O-])cc2S(=O)(=O)N2CCOCC2)Oc2ccccc21. The van der Waals surface area contributed by atoms with Gasteiger partial charge < -0.3 is 19.3 Å². The Bertz CT molecular complexity index is 1120. The highest BCUT2D eigenvalue weighted by Crippen LogP contribution is 2.35. The van der Waals surface area contributed by atoms with Crippen molar-refractivity contribution in [2.24, 2.45) is 0 Å². The summed E-state index contributed by atoms with van der Waals surface area (Å²) in [6.07, 6.45) is -0.209. The first-order valence-corrected chi connectivity index (χ1v) is 12.3. The smallest absolute Gasteiger partial charge is 0.270 e. The van der Waals surface area contributed by atoms with E-state index >= 15 is 0 Å². The molecule has 0 saturated carbocycles. The number of anilines is 2. The second-order valence-corrected chi connectivity index (χ2v) is 9.96. The molecule has 0 N–H and O–H groups in total. The highest BCUT2D eigenvalue weighted by Gasteiger charge is 2.33. The highest BCUT2D eigenvalue weighted by atomic mass is 32.2. The van der Waals surface area contributed by atoms with Crippen LogP contribution in [0.2, 0.25) is 0 Å². The van der Waals surface area contributed by atoms with Crippen LogP contribution in [-0.2, 0) is 14.8 Å². The van der Waals surface area contributed by atoms with Gasteiger partial charge in [-0.2, -0.15) is 4.31 Å². The Balaban J connectivity index is 1.63. The summed E-state index contributed by atoms with van der Waals surface area (Å²) >= 11 is 0. The van der Waals surface area contributed by atoms with E-state index < -0.39 is 14.9 Å². The Morgan fingerprint density at radius 1 is 1.18 bits per heavy atom. The van der Waals surface area contributed by atoms with Crippen molar-refractivity contribution < 1.29 is 22.8 Å². The normalized spacial score (nSPS) is 19.0. The number of nitrogens with zero attached hydrogens (tertiary/aromatic N) is 4. The number of nitro benzene ring substituents is 1. The first-order valence-electron chi connectivity index (χ1n) is 10.9. The molecule has 2 aliphatic heterocycles. The van der Waals surface area contributed by atoms with Crippen molar-refractivity contribution in [1.29, 1.82) is 0 Å². The topological polar surface area (TPSA) is 105 Å². The maximum atomic E-state index is 13.4. The quantitative estimate of drug-likeness (QED) is 0.443. The van der Waals surface area contributed by atoms with E-state index in [2.05, 4.69) is 11.8 Å². The molecule has 10 nitrogen and oxygen atoms in total. The molecule has 2 aliphatic rings. The molecule has 1 atom stereocenters. The molecular formula is C22H28N4O6S. The number of hydrogen-bond acceptors (Lipinski definition) is 8. The Morgan fingerprint density at radius 2 is 1.91 bits per heavy atom. The van der Waals surface area contributed by atoms with Crippen LogP contribution in [0.3, 0.4) is 0 Å². The van der Waals surface area contributed by atoms with Gasteiger partial charge in [0.05, 0.1) is 42.6 Å². The van der Waals surface area contributed by atoms with Crippen molar-refractivity contribution in [2.75, 3.05) is 62.8 Å². The maximum absolute atomic E-state index is 13.4. The number of nitro groups is 1. The van der Waals surface area contributed by atoms with Crippen molar-refractivity contribution in [3.8, 4) is 5.75 Å². The highest BCUT2D eigenvalue weighted by molar-refractivity contribution is 7.89. The summed E-state index contributed by atoms with van der Waals surface area (Å²) in [5.41, 5.74) is 1.17. The number of fused-ring (bicyclic) bond motifs is 1.